The van der Waals surface area contributed by atoms with Crippen molar-refractivity contribution in [2.75, 3.05) is 0 Å². The Kier molecular flexibility index (Phi) is 3.31. The molecule has 16 heavy (non-hydrogen) atoms. The van der Waals surface area contributed by atoms with Gasteiger partial charge in [0.05, 0.1) is 29.5 Å². The van der Waals surface area contributed by atoms with Crippen molar-refractivity contribution in [1.82, 2.24) is 20.0 Å². The van der Waals surface area contributed by atoms with Crippen LogP contribution in [0.5, 0.6) is 0 Å². The van der Waals surface area contributed by atoms with Crippen LogP contribution < -0.4 is 0 Å². The van der Waals surface area contributed by atoms with Gasteiger partial charge in [-0.05, 0) is 13.3 Å². The summed E-state index contributed by atoms with van der Waals surface area (Å²) in [6.45, 7) is 4.37. The van der Waals surface area contributed by atoms with E-state index in [1.807, 2.05) is 5.38 Å². The second-order valence-corrected chi connectivity index (χ2v) is 4.55. The summed E-state index contributed by atoms with van der Waals surface area (Å²) >= 11 is 1.66. The number of aliphatic hydroxyl groups is 1. The summed E-state index contributed by atoms with van der Waals surface area (Å²) in [5.41, 5.74) is 1.58. The molecule has 2 rings (SSSR count). The van der Waals surface area contributed by atoms with Crippen molar-refractivity contribution in [1.29, 1.82) is 0 Å². The van der Waals surface area contributed by atoms with Crippen LogP contribution in [0.15, 0.2) is 11.6 Å². The number of hydrogen-bond acceptors (Lipinski definition) is 5. The second-order valence-electron chi connectivity index (χ2n) is 3.60. The van der Waals surface area contributed by atoms with E-state index in [0.717, 1.165) is 17.1 Å². The molecule has 0 saturated carbocycles. The van der Waals surface area contributed by atoms with Gasteiger partial charge >= 0.3 is 0 Å². The van der Waals surface area contributed by atoms with E-state index in [2.05, 4.69) is 22.2 Å². The molecule has 0 aromatic carbocycles. The Morgan fingerprint density at radius 3 is 2.94 bits per heavy atom. The van der Waals surface area contributed by atoms with Crippen molar-refractivity contribution >= 4 is 11.3 Å². The van der Waals surface area contributed by atoms with Crippen LogP contribution in [0.4, 0.5) is 0 Å². The molecule has 0 aliphatic heterocycles. The summed E-state index contributed by atoms with van der Waals surface area (Å²) in [5.74, 6) is 0. The maximum atomic E-state index is 9.32. The molecule has 86 valence electrons. The van der Waals surface area contributed by atoms with Gasteiger partial charge in [-0.3, -0.25) is 0 Å². The molecule has 0 amide bonds. The molecule has 6 heteroatoms. The SMILES string of the molecule is CCc1nc(Cn2cc(C(C)O)nn2)cs1. The molecule has 5 nitrogen and oxygen atoms in total. The van der Waals surface area contributed by atoms with Crippen LogP contribution in [-0.2, 0) is 13.0 Å². The Morgan fingerprint density at radius 1 is 1.56 bits per heavy atom. The van der Waals surface area contributed by atoms with Crippen molar-refractivity contribution in [3.63, 3.8) is 0 Å². The minimum atomic E-state index is -0.574. The van der Waals surface area contributed by atoms with Crippen molar-refractivity contribution in [3.05, 3.63) is 28.0 Å². The van der Waals surface area contributed by atoms with Gasteiger partial charge in [-0.15, -0.1) is 16.4 Å². The van der Waals surface area contributed by atoms with Gasteiger partial charge in [0, 0.05) is 5.38 Å². The Balaban J connectivity index is 2.08. The van der Waals surface area contributed by atoms with Gasteiger partial charge in [0.1, 0.15) is 5.69 Å². The van der Waals surface area contributed by atoms with Crippen molar-refractivity contribution in [3.8, 4) is 0 Å². The molecule has 0 radical (unpaired) electrons. The highest BCUT2D eigenvalue weighted by Gasteiger charge is 2.07. The van der Waals surface area contributed by atoms with Gasteiger partial charge < -0.3 is 5.11 Å². The Morgan fingerprint density at radius 2 is 2.38 bits per heavy atom. The highest BCUT2D eigenvalue weighted by atomic mass is 32.1. The zero-order valence-electron chi connectivity index (χ0n) is 9.29. The average molecular weight is 238 g/mol. The lowest BCUT2D eigenvalue weighted by atomic mass is 10.3. The van der Waals surface area contributed by atoms with Crippen LogP contribution in [0.25, 0.3) is 0 Å². The van der Waals surface area contributed by atoms with Crippen LogP contribution in [0.1, 0.15) is 36.3 Å². The summed E-state index contributed by atoms with van der Waals surface area (Å²) in [6.07, 6.45) is 2.13. The maximum absolute atomic E-state index is 9.32. The Labute approximate surface area is 97.8 Å². The van der Waals surface area contributed by atoms with Gasteiger partial charge in [0.2, 0.25) is 0 Å². The first-order valence-corrected chi connectivity index (χ1v) is 6.08. The number of thiazole rings is 1. The predicted molar refractivity (Wildman–Crippen MR) is 61.2 cm³/mol. The molecule has 0 aliphatic rings. The summed E-state index contributed by atoms with van der Waals surface area (Å²) in [4.78, 5) is 4.45. The molecule has 2 heterocycles. The third-order valence-corrected chi connectivity index (χ3v) is 3.25. The highest BCUT2D eigenvalue weighted by Crippen LogP contribution is 2.12. The summed E-state index contributed by atoms with van der Waals surface area (Å²) < 4.78 is 1.69. The van der Waals surface area contributed by atoms with Gasteiger partial charge in [-0.1, -0.05) is 12.1 Å². The third-order valence-electron chi connectivity index (χ3n) is 2.21. The standard InChI is InChI=1S/C10H14N4OS/c1-3-10-11-8(6-16-10)4-14-5-9(7(2)15)12-13-14/h5-7,15H,3-4H2,1-2H3. The first-order valence-electron chi connectivity index (χ1n) is 5.20. The Bertz CT molecular complexity index is 463. The van der Waals surface area contributed by atoms with Crippen LogP contribution in [0.2, 0.25) is 0 Å². The lowest BCUT2D eigenvalue weighted by molar-refractivity contribution is 0.194. The van der Waals surface area contributed by atoms with Crippen LogP contribution >= 0.6 is 11.3 Å². The lowest BCUT2D eigenvalue weighted by Crippen LogP contribution is -2.00. The second kappa shape index (κ2) is 4.71. The van der Waals surface area contributed by atoms with Gasteiger partial charge in [0.15, 0.2) is 0 Å². The maximum Gasteiger partial charge on any atom is 0.111 e. The normalized spacial score (nSPS) is 12.9. The first-order chi connectivity index (χ1) is 7.69. The fourth-order valence-corrected chi connectivity index (χ4v) is 2.07. The monoisotopic (exact) mass is 238 g/mol. The van der Waals surface area contributed by atoms with E-state index in [0.29, 0.717) is 12.2 Å². The zero-order chi connectivity index (χ0) is 11.5. The highest BCUT2D eigenvalue weighted by molar-refractivity contribution is 7.09. The summed E-state index contributed by atoms with van der Waals surface area (Å²) in [7, 11) is 0. The quantitative estimate of drug-likeness (QED) is 0.874. The Hall–Kier alpha value is -1.27. The molecule has 0 fully saturated rings. The lowest BCUT2D eigenvalue weighted by Gasteiger charge is -1.96. The van der Waals surface area contributed by atoms with Gasteiger partial charge in [-0.25, -0.2) is 9.67 Å². The third kappa shape index (κ3) is 2.45. The molecular formula is C10H14N4OS. The van der Waals surface area contributed by atoms with Crippen molar-refractivity contribution < 1.29 is 5.11 Å². The van der Waals surface area contributed by atoms with E-state index in [1.54, 1.807) is 29.1 Å². The summed E-state index contributed by atoms with van der Waals surface area (Å²) in [6, 6.07) is 0. The van der Waals surface area contributed by atoms with E-state index >= 15 is 0 Å². The minimum Gasteiger partial charge on any atom is -0.387 e. The molecule has 1 atom stereocenters. The molecule has 1 N–H and O–H groups in total. The molecular weight excluding hydrogens is 224 g/mol. The smallest absolute Gasteiger partial charge is 0.111 e. The summed E-state index contributed by atoms with van der Waals surface area (Å²) in [5, 5.41) is 20.3. The molecule has 2 aromatic rings. The van der Waals surface area contributed by atoms with E-state index in [1.165, 1.54) is 0 Å². The van der Waals surface area contributed by atoms with Crippen LogP contribution in [0, 0.1) is 0 Å². The largest absolute Gasteiger partial charge is 0.387 e. The number of rotatable bonds is 4. The van der Waals surface area contributed by atoms with Gasteiger partial charge in [0.25, 0.3) is 0 Å². The van der Waals surface area contributed by atoms with E-state index < -0.39 is 6.10 Å². The molecule has 0 aliphatic carbocycles. The van der Waals surface area contributed by atoms with Gasteiger partial charge in [-0.2, -0.15) is 0 Å². The van der Waals surface area contributed by atoms with Crippen LogP contribution in [0.3, 0.4) is 0 Å². The topological polar surface area (TPSA) is 63.8 Å². The van der Waals surface area contributed by atoms with E-state index in [4.69, 9.17) is 0 Å². The zero-order valence-corrected chi connectivity index (χ0v) is 10.1. The fraction of sp³-hybridized carbons (Fsp3) is 0.500. The fourth-order valence-electron chi connectivity index (χ4n) is 1.33. The molecule has 2 aromatic heterocycles. The molecule has 1 unspecified atom stereocenters. The average Bonchev–Trinajstić information content (AvgIpc) is 2.87. The number of hydrogen-bond donors (Lipinski definition) is 1. The van der Waals surface area contributed by atoms with E-state index in [9.17, 15) is 5.11 Å². The van der Waals surface area contributed by atoms with E-state index in [-0.39, 0.29) is 0 Å². The minimum absolute atomic E-state index is 0.574. The number of aromatic nitrogens is 4. The van der Waals surface area contributed by atoms with Crippen LogP contribution in [-0.4, -0.2) is 25.1 Å². The van der Waals surface area contributed by atoms with Crippen molar-refractivity contribution in [2.24, 2.45) is 0 Å². The molecule has 0 saturated heterocycles. The van der Waals surface area contributed by atoms with Crippen molar-refractivity contribution in [2.45, 2.75) is 32.9 Å². The number of nitrogens with zero attached hydrogens (tertiary/aromatic N) is 4. The number of aryl methyl sites for hydroxylation is 1. The predicted octanol–water partition coefficient (Wildman–Crippen LogP) is 1.40. The molecule has 0 bridgehead atoms. The molecule has 0 spiro atoms. The first kappa shape index (κ1) is 11.2. The number of aliphatic hydroxyl groups excluding tert-OH is 1.